The lowest BCUT2D eigenvalue weighted by Gasteiger charge is -2.40. The Bertz CT molecular complexity index is 1460. The van der Waals surface area contributed by atoms with E-state index in [0.29, 0.717) is 12.1 Å². The van der Waals surface area contributed by atoms with Gasteiger partial charge in [0.05, 0.1) is 24.4 Å². The molecular formula is C36H40N4O4. The van der Waals surface area contributed by atoms with Crippen molar-refractivity contribution in [1.82, 2.24) is 20.1 Å². The third-order valence-corrected chi connectivity index (χ3v) is 8.42. The summed E-state index contributed by atoms with van der Waals surface area (Å²) in [5.41, 5.74) is 5.80. The van der Waals surface area contributed by atoms with E-state index in [4.69, 9.17) is 9.47 Å². The smallest absolute Gasteiger partial charge is 0.253 e. The van der Waals surface area contributed by atoms with E-state index in [-0.39, 0.29) is 24.7 Å². The van der Waals surface area contributed by atoms with E-state index in [1.165, 1.54) is 5.56 Å². The van der Waals surface area contributed by atoms with Gasteiger partial charge in [0.15, 0.2) is 6.29 Å². The second-order valence-corrected chi connectivity index (χ2v) is 11.6. The lowest BCUT2D eigenvalue weighted by Crippen LogP contribution is -2.49. The number of benzene rings is 3. The third kappa shape index (κ3) is 7.96. The first kappa shape index (κ1) is 30.1. The number of hydrogen-bond donors (Lipinski definition) is 2. The molecule has 2 aliphatic rings. The molecule has 44 heavy (non-hydrogen) atoms. The zero-order chi connectivity index (χ0) is 30.1. The molecule has 8 nitrogen and oxygen atoms in total. The van der Waals surface area contributed by atoms with E-state index >= 15 is 0 Å². The SMILES string of the molecule is O=C(NCc1ccc([C@H]2O[C@@H](CN3CCN(Cc4ccccc4)CC3)C[C@@H](c3ccc(CO)cc3)O2)cc1)c1cccnc1. The first-order valence-electron chi connectivity index (χ1n) is 15.4. The normalized spacial score (nSPS) is 21.2. The second kappa shape index (κ2) is 14.7. The molecule has 6 rings (SSSR count). The fraction of sp³-hybridized carbons (Fsp3) is 0.333. The summed E-state index contributed by atoms with van der Waals surface area (Å²) in [6, 6.07) is 30.2. The van der Waals surface area contributed by atoms with Crippen LogP contribution in [0.4, 0.5) is 0 Å². The van der Waals surface area contributed by atoms with Crippen LogP contribution in [0.15, 0.2) is 103 Å². The molecule has 2 aliphatic heterocycles. The standard InChI is InChI=1S/C36H40N4O4/c41-26-29-10-12-30(13-11-29)34-21-33(25-40-19-17-39(18-20-40)24-28-5-2-1-3-6-28)43-36(44-34)31-14-8-27(9-15-31)22-38-35(42)32-7-4-16-37-23-32/h1-16,23,33-34,36,41H,17-22,24-26H2,(H,38,42)/t33-,34+,36+/m1/s1. The summed E-state index contributed by atoms with van der Waals surface area (Å²) in [6.07, 6.45) is 3.36. The number of hydrogen-bond acceptors (Lipinski definition) is 7. The van der Waals surface area contributed by atoms with Crippen molar-refractivity contribution in [2.75, 3.05) is 32.7 Å². The summed E-state index contributed by atoms with van der Waals surface area (Å²) in [5.74, 6) is -0.153. The molecule has 1 aromatic heterocycles. The molecule has 0 aliphatic carbocycles. The minimum Gasteiger partial charge on any atom is -0.392 e. The van der Waals surface area contributed by atoms with Crippen LogP contribution in [-0.4, -0.2) is 64.6 Å². The van der Waals surface area contributed by atoms with Crippen molar-refractivity contribution in [2.45, 2.75) is 44.6 Å². The summed E-state index contributed by atoms with van der Waals surface area (Å²) < 4.78 is 13.1. The predicted molar refractivity (Wildman–Crippen MR) is 168 cm³/mol. The van der Waals surface area contributed by atoms with Crippen molar-refractivity contribution >= 4 is 5.91 Å². The van der Waals surface area contributed by atoms with Crippen molar-refractivity contribution in [3.8, 4) is 0 Å². The Balaban J connectivity index is 1.09. The summed E-state index contributed by atoms with van der Waals surface area (Å²) >= 11 is 0. The number of amides is 1. The molecule has 2 fully saturated rings. The maximum atomic E-state index is 12.4. The van der Waals surface area contributed by atoms with Gasteiger partial charge in [-0.05, 0) is 34.4 Å². The first-order valence-corrected chi connectivity index (χ1v) is 15.4. The van der Waals surface area contributed by atoms with Crippen LogP contribution in [0.2, 0.25) is 0 Å². The highest BCUT2D eigenvalue weighted by Gasteiger charge is 2.33. The maximum absolute atomic E-state index is 12.4. The van der Waals surface area contributed by atoms with E-state index < -0.39 is 6.29 Å². The second-order valence-electron chi connectivity index (χ2n) is 11.6. The van der Waals surface area contributed by atoms with Crippen molar-refractivity contribution in [2.24, 2.45) is 0 Å². The molecule has 3 atom stereocenters. The molecule has 0 bridgehead atoms. The van der Waals surface area contributed by atoms with Crippen LogP contribution in [0, 0.1) is 0 Å². The number of aliphatic hydroxyl groups is 1. The number of nitrogens with one attached hydrogen (secondary N) is 1. The lowest BCUT2D eigenvalue weighted by atomic mass is 9.99. The number of ether oxygens (including phenoxy) is 2. The number of aliphatic hydroxyl groups excluding tert-OH is 1. The van der Waals surface area contributed by atoms with Gasteiger partial charge in [0.1, 0.15) is 0 Å². The van der Waals surface area contributed by atoms with Gasteiger partial charge in [0.25, 0.3) is 5.91 Å². The molecule has 3 heterocycles. The van der Waals surface area contributed by atoms with Gasteiger partial charge in [-0.2, -0.15) is 0 Å². The number of carbonyl (C=O) groups is 1. The van der Waals surface area contributed by atoms with Gasteiger partial charge in [-0.3, -0.25) is 19.6 Å². The van der Waals surface area contributed by atoms with Crippen LogP contribution < -0.4 is 5.32 Å². The Morgan fingerprint density at radius 3 is 2.20 bits per heavy atom. The van der Waals surface area contributed by atoms with Gasteiger partial charge in [0.2, 0.25) is 0 Å². The monoisotopic (exact) mass is 592 g/mol. The highest BCUT2D eigenvalue weighted by Crippen LogP contribution is 2.38. The van der Waals surface area contributed by atoms with Crippen LogP contribution in [-0.2, 0) is 29.2 Å². The van der Waals surface area contributed by atoms with Crippen molar-refractivity contribution in [1.29, 1.82) is 0 Å². The highest BCUT2D eigenvalue weighted by molar-refractivity contribution is 5.93. The molecule has 2 N–H and O–H groups in total. The van der Waals surface area contributed by atoms with E-state index in [1.54, 1.807) is 24.5 Å². The van der Waals surface area contributed by atoms with E-state index in [1.807, 2.05) is 48.5 Å². The summed E-state index contributed by atoms with van der Waals surface area (Å²) in [7, 11) is 0. The topological polar surface area (TPSA) is 87.2 Å². The molecule has 0 radical (unpaired) electrons. The molecule has 0 spiro atoms. The Morgan fingerprint density at radius 2 is 1.50 bits per heavy atom. The van der Waals surface area contributed by atoms with Gasteiger partial charge >= 0.3 is 0 Å². The molecule has 8 heteroatoms. The van der Waals surface area contributed by atoms with Crippen LogP contribution in [0.1, 0.15) is 57.0 Å². The molecular weight excluding hydrogens is 552 g/mol. The quantitative estimate of drug-likeness (QED) is 0.272. The molecule has 228 valence electrons. The number of rotatable bonds is 10. The summed E-state index contributed by atoms with van der Waals surface area (Å²) in [5, 5.41) is 12.5. The Morgan fingerprint density at radius 1 is 0.795 bits per heavy atom. The minimum atomic E-state index is -0.505. The molecule has 0 unspecified atom stereocenters. The molecule has 4 aromatic rings. The predicted octanol–water partition coefficient (Wildman–Crippen LogP) is 4.87. The zero-order valence-corrected chi connectivity index (χ0v) is 24.9. The average Bonchev–Trinajstić information content (AvgIpc) is 3.09. The van der Waals surface area contributed by atoms with Crippen molar-refractivity contribution in [3.05, 3.63) is 137 Å². The molecule has 1 amide bonds. The fourth-order valence-corrected chi connectivity index (χ4v) is 5.87. The number of piperazine rings is 1. The third-order valence-electron chi connectivity index (χ3n) is 8.42. The van der Waals surface area contributed by atoms with Gasteiger partial charge in [-0.15, -0.1) is 0 Å². The molecule has 3 aromatic carbocycles. The maximum Gasteiger partial charge on any atom is 0.253 e. The van der Waals surface area contributed by atoms with Crippen LogP contribution >= 0.6 is 0 Å². The number of pyridine rings is 1. The van der Waals surface area contributed by atoms with E-state index in [2.05, 4.69) is 50.4 Å². The number of carbonyl (C=O) groups excluding carboxylic acids is 1. The van der Waals surface area contributed by atoms with Crippen molar-refractivity contribution < 1.29 is 19.4 Å². The average molecular weight is 593 g/mol. The lowest BCUT2D eigenvalue weighted by molar-refractivity contribution is -0.253. The zero-order valence-electron chi connectivity index (χ0n) is 24.9. The van der Waals surface area contributed by atoms with Gasteiger partial charge in [-0.25, -0.2) is 0 Å². The van der Waals surface area contributed by atoms with Gasteiger partial charge < -0.3 is 19.9 Å². The molecule has 0 saturated carbocycles. The first-order chi connectivity index (χ1) is 21.6. The summed E-state index contributed by atoms with van der Waals surface area (Å²) in [6.45, 7) is 6.35. The van der Waals surface area contributed by atoms with Crippen molar-refractivity contribution in [3.63, 3.8) is 0 Å². The fourth-order valence-electron chi connectivity index (χ4n) is 5.87. The van der Waals surface area contributed by atoms with Crippen LogP contribution in [0.25, 0.3) is 0 Å². The van der Waals surface area contributed by atoms with E-state index in [9.17, 15) is 9.90 Å². The Labute approximate surface area is 259 Å². The molecule has 2 saturated heterocycles. The minimum absolute atomic E-state index is 0.00962. The Hall–Kier alpha value is -3.92. The number of aromatic nitrogens is 1. The van der Waals surface area contributed by atoms with E-state index in [0.717, 1.165) is 67.9 Å². The number of nitrogens with zero attached hydrogens (tertiary/aromatic N) is 3. The summed E-state index contributed by atoms with van der Waals surface area (Å²) in [4.78, 5) is 21.5. The van der Waals surface area contributed by atoms with Gasteiger partial charge in [0, 0.05) is 70.2 Å². The highest BCUT2D eigenvalue weighted by atomic mass is 16.7. The largest absolute Gasteiger partial charge is 0.392 e. The Kier molecular flexibility index (Phi) is 10.1. The van der Waals surface area contributed by atoms with Crippen LogP contribution in [0.5, 0.6) is 0 Å². The van der Waals surface area contributed by atoms with Gasteiger partial charge in [-0.1, -0.05) is 78.9 Å². The van der Waals surface area contributed by atoms with Crippen LogP contribution in [0.3, 0.4) is 0 Å².